The maximum Gasteiger partial charge on any atom is 0.244 e. The Morgan fingerprint density at radius 2 is 1.91 bits per heavy atom. The SMILES string of the molecule is CC/C(C(N)=O)=C(\C)C(C)C. The second-order valence-corrected chi connectivity index (χ2v) is 3.03. The molecule has 0 aliphatic heterocycles. The summed E-state index contributed by atoms with van der Waals surface area (Å²) in [5.41, 5.74) is 7.08. The summed E-state index contributed by atoms with van der Waals surface area (Å²) in [4.78, 5) is 10.8. The lowest BCUT2D eigenvalue weighted by Crippen LogP contribution is -2.16. The number of carbonyl (C=O) groups is 1. The highest BCUT2D eigenvalue weighted by Crippen LogP contribution is 2.15. The van der Waals surface area contributed by atoms with Crippen LogP contribution in [0, 0.1) is 5.92 Å². The highest BCUT2D eigenvalue weighted by molar-refractivity contribution is 5.92. The van der Waals surface area contributed by atoms with Crippen molar-refractivity contribution in [2.75, 3.05) is 0 Å². The Labute approximate surface area is 68.5 Å². The second-order valence-electron chi connectivity index (χ2n) is 3.03. The van der Waals surface area contributed by atoms with Gasteiger partial charge in [0.05, 0.1) is 0 Å². The minimum Gasteiger partial charge on any atom is -0.366 e. The third kappa shape index (κ3) is 2.74. The minimum absolute atomic E-state index is 0.279. The molecule has 0 aromatic heterocycles. The average molecular weight is 155 g/mol. The molecule has 0 heterocycles. The fourth-order valence-electron chi connectivity index (χ4n) is 0.996. The van der Waals surface area contributed by atoms with E-state index in [2.05, 4.69) is 13.8 Å². The summed E-state index contributed by atoms with van der Waals surface area (Å²) in [5, 5.41) is 0. The van der Waals surface area contributed by atoms with Crippen molar-refractivity contribution in [3.8, 4) is 0 Å². The fourth-order valence-corrected chi connectivity index (χ4v) is 0.996. The van der Waals surface area contributed by atoms with Crippen LogP contribution in [0.15, 0.2) is 11.1 Å². The number of carbonyl (C=O) groups excluding carboxylic acids is 1. The van der Waals surface area contributed by atoms with E-state index in [-0.39, 0.29) is 5.91 Å². The normalized spacial score (nSPS) is 13.2. The summed E-state index contributed by atoms with van der Waals surface area (Å²) in [6.45, 7) is 8.04. The molecule has 0 aromatic carbocycles. The number of allylic oxidation sites excluding steroid dienone is 1. The third-order valence-corrected chi connectivity index (χ3v) is 1.99. The van der Waals surface area contributed by atoms with Crippen LogP contribution in [0.3, 0.4) is 0 Å². The van der Waals surface area contributed by atoms with Gasteiger partial charge >= 0.3 is 0 Å². The van der Waals surface area contributed by atoms with Gasteiger partial charge in [-0.3, -0.25) is 4.79 Å². The molecule has 0 fully saturated rings. The van der Waals surface area contributed by atoms with Crippen molar-refractivity contribution in [2.45, 2.75) is 34.1 Å². The zero-order chi connectivity index (χ0) is 9.02. The van der Waals surface area contributed by atoms with E-state index in [9.17, 15) is 4.79 Å². The van der Waals surface area contributed by atoms with Crippen molar-refractivity contribution in [1.82, 2.24) is 0 Å². The van der Waals surface area contributed by atoms with Crippen molar-refractivity contribution in [2.24, 2.45) is 11.7 Å². The highest BCUT2D eigenvalue weighted by atomic mass is 16.1. The standard InChI is InChI=1S/C9H17NO/c1-5-8(9(10)11)7(4)6(2)3/h6H,5H2,1-4H3,(H2,10,11)/b8-7-. The molecule has 11 heavy (non-hydrogen) atoms. The zero-order valence-corrected chi connectivity index (χ0v) is 7.77. The van der Waals surface area contributed by atoms with E-state index in [4.69, 9.17) is 5.73 Å². The Bertz CT molecular complexity index is 180. The summed E-state index contributed by atoms with van der Waals surface area (Å²) in [7, 11) is 0. The quantitative estimate of drug-likeness (QED) is 0.621. The summed E-state index contributed by atoms with van der Waals surface area (Å²) in [6.07, 6.45) is 0.735. The fraction of sp³-hybridized carbons (Fsp3) is 0.667. The minimum atomic E-state index is -0.279. The lowest BCUT2D eigenvalue weighted by Gasteiger charge is -2.09. The molecule has 64 valence electrons. The van der Waals surface area contributed by atoms with Crippen molar-refractivity contribution in [3.63, 3.8) is 0 Å². The van der Waals surface area contributed by atoms with Crippen molar-refractivity contribution in [3.05, 3.63) is 11.1 Å². The van der Waals surface area contributed by atoms with E-state index in [1.165, 1.54) is 0 Å². The predicted molar refractivity (Wildman–Crippen MR) is 47.0 cm³/mol. The molecule has 0 radical (unpaired) electrons. The Morgan fingerprint density at radius 1 is 1.45 bits per heavy atom. The topological polar surface area (TPSA) is 43.1 Å². The first-order chi connectivity index (χ1) is 5.00. The van der Waals surface area contributed by atoms with Gasteiger partial charge in [0, 0.05) is 5.57 Å². The first-order valence-electron chi connectivity index (χ1n) is 4.00. The molecule has 0 unspecified atom stereocenters. The summed E-state index contributed by atoms with van der Waals surface area (Å²) >= 11 is 0. The van der Waals surface area contributed by atoms with Crippen LogP contribution in [-0.4, -0.2) is 5.91 Å². The second kappa shape index (κ2) is 4.16. The van der Waals surface area contributed by atoms with Crippen molar-refractivity contribution < 1.29 is 4.79 Å². The van der Waals surface area contributed by atoms with E-state index >= 15 is 0 Å². The van der Waals surface area contributed by atoms with Crippen LogP contribution in [0.5, 0.6) is 0 Å². The smallest absolute Gasteiger partial charge is 0.244 e. The van der Waals surface area contributed by atoms with Crippen LogP contribution in [0.25, 0.3) is 0 Å². The average Bonchev–Trinajstić information content (AvgIpc) is 1.88. The molecule has 0 bridgehead atoms. The summed E-state index contributed by atoms with van der Waals surface area (Å²) < 4.78 is 0. The molecule has 0 aromatic rings. The molecule has 0 aliphatic rings. The molecule has 0 atom stereocenters. The number of hydrogen-bond acceptors (Lipinski definition) is 1. The largest absolute Gasteiger partial charge is 0.366 e. The Balaban J connectivity index is 4.68. The van der Waals surface area contributed by atoms with Gasteiger partial charge in [-0.15, -0.1) is 0 Å². The molecule has 0 saturated heterocycles. The number of hydrogen-bond donors (Lipinski definition) is 1. The van der Waals surface area contributed by atoms with Crippen LogP contribution in [-0.2, 0) is 4.79 Å². The van der Waals surface area contributed by atoms with Crippen LogP contribution < -0.4 is 5.73 Å². The molecule has 0 aliphatic carbocycles. The monoisotopic (exact) mass is 155 g/mol. The van der Waals surface area contributed by atoms with Gasteiger partial charge in [-0.25, -0.2) is 0 Å². The Morgan fingerprint density at radius 3 is 2.00 bits per heavy atom. The van der Waals surface area contributed by atoms with Crippen LogP contribution in [0.1, 0.15) is 34.1 Å². The van der Waals surface area contributed by atoms with E-state index in [1.54, 1.807) is 0 Å². The lowest BCUT2D eigenvalue weighted by atomic mass is 9.97. The molecule has 0 rings (SSSR count). The molecule has 1 amide bonds. The number of primary amides is 1. The van der Waals surface area contributed by atoms with Gasteiger partial charge in [-0.05, 0) is 19.3 Å². The Kier molecular flexibility index (Phi) is 3.86. The van der Waals surface area contributed by atoms with Crippen LogP contribution in [0.2, 0.25) is 0 Å². The van der Waals surface area contributed by atoms with E-state index in [0.717, 1.165) is 17.6 Å². The molecule has 0 saturated carbocycles. The molecular weight excluding hydrogens is 138 g/mol. The van der Waals surface area contributed by atoms with Gasteiger partial charge in [0.15, 0.2) is 0 Å². The van der Waals surface area contributed by atoms with Gasteiger partial charge in [0.1, 0.15) is 0 Å². The first-order valence-corrected chi connectivity index (χ1v) is 4.00. The van der Waals surface area contributed by atoms with Gasteiger partial charge in [-0.2, -0.15) is 0 Å². The molecule has 0 spiro atoms. The third-order valence-electron chi connectivity index (χ3n) is 1.99. The Hall–Kier alpha value is -0.790. The molecule has 2 nitrogen and oxygen atoms in total. The van der Waals surface area contributed by atoms with Crippen molar-refractivity contribution >= 4 is 5.91 Å². The predicted octanol–water partition coefficient (Wildman–Crippen LogP) is 1.85. The van der Waals surface area contributed by atoms with Gasteiger partial charge < -0.3 is 5.73 Å². The lowest BCUT2D eigenvalue weighted by molar-refractivity contribution is -0.114. The maximum absolute atomic E-state index is 10.8. The highest BCUT2D eigenvalue weighted by Gasteiger charge is 2.08. The van der Waals surface area contributed by atoms with Gasteiger partial charge in [0.2, 0.25) is 5.91 Å². The van der Waals surface area contributed by atoms with E-state index in [1.807, 2.05) is 13.8 Å². The van der Waals surface area contributed by atoms with Gasteiger partial charge in [-0.1, -0.05) is 26.3 Å². The van der Waals surface area contributed by atoms with Crippen LogP contribution in [0.4, 0.5) is 0 Å². The first kappa shape index (κ1) is 10.2. The summed E-state index contributed by atoms with van der Waals surface area (Å²) in [5.74, 6) is 0.135. The van der Waals surface area contributed by atoms with E-state index in [0.29, 0.717) is 5.92 Å². The van der Waals surface area contributed by atoms with Crippen molar-refractivity contribution in [1.29, 1.82) is 0 Å². The number of rotatable bonds is 3. The maximum atomic E-state index is 10.8. The van der Waals surface area contributed by atoms with Gasteiger partial charge in [0.25, 0.3) is 0 Å². The zero-order valence-electron chi connectivity index (χ0n) is 7.77. The summed E-state index contributed by atoms with van der Waals surface area (Å²) in [6, 6.07) is 0. The molecular formula is C9H17NO. The number of nitrogens with two attached hydrogens (primary N) is 1. The molecule has 2 heteroatoms. The molecule has 2 N–H and O–H groups in total. The van der Waals surface area contributed by atoms with Crippen LogP contribution >= 0.6 is 0 Å². The number of amides is 1. The van der Waals surface area contributed by atoms with E-state index < -0.39 is 0 Å².